The van der Waals surface area contributed by atoms with E-state index in [9.17, 15) is 0 Å². The zero-order chi connectivity index (χ0) is 41.0. The largest absolute Gasteiger partial charge is 0.354 e. The molecule has 0 saturated heterocycles. The van der Waals surface area contributed by atoms with Crippen molar-refractivity contribution >= 4 is 61.2 Å². The normalized spacial score (nSPS) is 12.0. The summed E-state index contributed by atoms with van der Waals surface area (Å²) in [6.07, 6.45) is 2.36. The molecular weight excluding hydrogens is 749 g/mol. The number of H-pyrrole nitrogens is 1. The third-order valence-electron chi connectivity index (χ3n) is 12.6. The molecule has 1 heterocycles. The van der Waals surface area contributed by atoms with E-state index in [2.05, 4.69) is 246 Å². The highest BCUT2D eigenvalue weighted by Crippen LogP contribution is 2.50. The summed E-state index contributed by atoms with van der Waals surface area (Å²) >= 11 is 0. The minimum atomic E-state index is 1.11. The summed E-state index contributed by atoms with van der Waals surface area (Å²) in [4.78, 5) is 6.13. The van der Waals surface area contributed by atoms with Gasteiger partial charge in [-0.15, -0.1) is 0 Å². The summed E-state index contributed by atoms with van der Waals surface area (Å²) in [6, 6.07) is 83.6. The molecule has 0 aliphatic heterocycles. The van der Waals surface area contributed by atoms with Gasteiger partial charge in [-0.25, -0.2) is 0 Å². The van der Waals surface area contributed by atoms with Gasteiger partial charge in [-0.1, -0.05) is 188 Å². The number of aromatic amines is 1. The van der Waals surface area contributed by atoms with Crippen LogP contribution in [0.5, 0.6) is 0 Å². The fraction of sp³-hybridized carbons (Fsp3) is 0. The van der Waals surface area contributed by atoms with Crippen LogP contribution in [0, 0.1) is 0 Å². The van der Waals surface area contributed by atoms with E-state index in [0.717, 1.165) is 22.6 Å². The van der Waals surface area contributed by atoms with Crippen molar-refractivity contribution in [2.75, 3.05) is 4.90 Å². The van der Waals surface area contributed by atoms with Crippen LogP contribution in [-0.4, -0.2) is 4.98 Å². The molecule has 0 spiro atoms. The Morgan fingerprint density at radius 3 is 1.66 bits per heavy atom. The van der Waals surface area contributed by atoms with Gasteiger partial charge >= 0.3 is 0 Å². The van der Waals surface area contributed by atoms with E-state index in [0.29, 0.717) is 0 Å². The first-order valence-corrected chi connectivity index (χ1v) is 21.3. The molecule has 0 unspecified atom stereocenters. The van der Waals surface area contributed by atoms with Gasteiger partial charge in [0.15, 0.2) is 0 Å². The number of nitrogens with zero attached hydrogens (tertiary/aromatic N) is 1. The molecule has 1 aromatic heterocycles. The second-order valence-corrected chi connectivity index (χ2v) is 16.2. The molecule has 0 radical (unpaired) electrons. The Labute approximate surface area is 361 Å². The SMILES string of the molecule is C(=C(\c1ccc(-c2ccccc2)cc1)c1ccc(-c2ccc(N(c3ccccc3)c3cccc4ccccc34)cc2)cc1)/c1ccc2[nH]c3c(c2c1)-c1cccc2cccc-3c12. The van der Waals surface area contributed by atoms with E-state index in [1.165, 1.54) is 93.8 Å². The molecule has 0 amide bonds. The molecule has 1 aliphatic rings. The van der Waals surface area contributed by atoms with Gasteiger partial charge in [0, 0.05) is 38.8 Å². The fourth-order valence-corrected chi connectivity index (χ4v) is 9.56. The summed E-state index contributed by atoms with van der Waals surface area (Å²) in [5.74, 6) is 0. The second kappa shape index (κ2) is 14.8. The van der Waals surface area contributed by atoms with Crippen molar-refractivity contribution in [3.05, 3.63) is 247 Å². The van der Waals surface area contributed by atoms with Crippen molar-refractivity contribution in [1.29, 1.82) is 0 Å². The number of aromatic nitrogens is 1. The first-order chi connectivity index (χ1) is 30.7. The average molecular weight is 789 g/mol. The molecule has 1 N–H and O–H groups in total. The molecular formula is C60H40N2. The van der Waals surface area contributed by atoms with Crippen molar-refractivity contribution in [3.8, 4) is 44.6 Å². The molecule has 0 bridgehead atoms. The lowest BCUT2D eigenvalue weighted by molar-refractivity contribution is 1.30. The quantitative estimate of drug-likeness (QED) is 0.152. The Hall–Kier alpha value is -8.20. The lowest BCUT2D eigenvalue weighted by atomic mass is 9.92. The number of benzene rings is 10. The van der Waals surface area contributed by atoms with Gasteiger partial charge in [0.1, 0.15) is 0 Å². The molecule has 0 atom stereocenters. The lowest BCUT2D eigenvalue weighted by Gasteiger charge is -2.27. The highest BCUT2D eigenvalue weighted by molar-refractivity contribution is 6.21. The maximum absolute atomic E-state index is 3.78. The Morgan fingerprint density at radius 1 is 0.403 bits per heavy atom. The van der Waals surface area contributed by atoms with E-state index in [1.54, 1.807) is 0 Å². The molecule has 2 nitrogen and oxygen atoms in total. The number of hydrogen-bond donors (Lipinski definition) is 1. The minimum absolute atomic E-state index is 1.11. The van der Waals surface area contributed by atoms with Crippen LogP contribution in [0.3, 0.4) is 0 Å². The Morgan fingerprint density at radius 2 is 0.952 bits per heavy atom. The van der Waals surface area contributed by atoms with Gasteiger partial charge in [-0.05, 0) is 115 Å². The molecule has 0 saturated carbocycles. The zero-order valence-corrected chi connectivity index (χ0v) is 34.0. The monoisotopic (exact) mass is 788 g/mol. The molecule has 290 valence electrons. The van der Waals surface area contributed by atoms with Crippen LogP contribution in [0.4, 0.5) is 17.1 Å². The van der Waals surface area contributed by atoms with Crippen LogP contribution in [0.1, 0.15) is 16.7 Å². The van der Waals surface area contributed by atoms with Gasteiger partial charge in [0.2, 0.25) is 0 Å². The van der Waals surface area contributed by atoms with Crippen LogP contribution in [0.15, 0.2) is 231 Å². The predicted octanol–water partition coefficient (Wildman–Crippen LogP) is 16.5. The standard InChI is InChI=1S/C60H40N2/c1-3-12-41(13-4-1)42-25-29-46(30-26-42)54(38-40-24-37-56-55(39-40)59-52-21-9-16-48-17-10-22-53(58(48)52)60(59)61-56)47-31-27-43(28-32-47)44-33-35-50(36-34-44)62(49-18-5-2-6-19-49)57-23-11-15-45-14-7-8-20-51(45)57/h1-39,61H/b54-38-. The van der Waals surface area contributed by atoms with E-state index < -0.39 is 0 Å². The summed E-state index contributed by atoms with van der Waals surface area (Å²) in [7, 11) is 0. The van der Waals surface area contributed by atoms with Crippen LogP contribution in [0.25, 0.3) is 88.7 Å². The summed E-state index contributed by atoms with van der Waals surface area (Å²) < 4.78 is 0. The number of anilines is 3. The van der Waals surface area contributed by atoms with Gasteiger partial charge in [-0.2, -0.15) is 0 Å². The molecule has 1 aliphatic carbocycles. The fourth-order valence-electron chi connectivity index (χ4n) is 9.56. The molecule has 12 rings (SSSR count). The van der Waals surface area contributed by atoms with E-state index in [4.69, 9.17) is 0 Å². The van der Waals surface area contributed by atoms with Crippen molar-refractivity contribution < 1.29 is 0 Å². The van der Waals surface area contributed by atoms with Crippen molar-refractivity contribution in [2.45, 2.75) is 0 Å². The number of fused-ring (bicyclic) bond motifs is 6. The predicted molar refractivity (Wildman–Crippen MR) is 263 cm³/mol. The summed E-state index contributed by atoms with van der Waals surface area (Å²) in [6.45, 7) is 0. The second-order valence-electron chi connectivity index (χ2n) is 16.2. The van der Waals surface area contributed by atoms with Gasteiger partial charge < -0.3 is 9.88 Å². The van der Waals surface area contributed by atoms with Gasteiger partial charge in [0.25, 0.3) is 0 Å². The Kier molecular flexibility index (Phi) is 8.53. The maximum Gasteiger partial charge on any atom is 0.0551 e. The Bertz CT molecular complexity index is 3460. The zero-order valence-electron chi connectivity index (χ0n) is 34.0. The summed E-state index contributed by atoms with van der Waals surface area (Å²) in [5.41, 5.74) is 19.1. The molecule has 10 aromatic carbocycles. The number of nitrogens with one attached hydrogen (secondary N) is 1. The third-order valence-corrected chi connectivity index (χ3v) is 12.6. The van der Waals surface area contributed by atoms with E-state index in [1.807, 2.05) is 0 Å². The molecule has 62 heavy (non-hydrogen) atoms. The molecule has 0 fully saturated rings. The Balaban J connectivity index is 0.919. The topological polar surface area (TPSA) is 19.0 Å². The van der Waals surface area contributed by atoms with Crippen molar-refractivity contribution in [2.24, 2.45) is 0 Å². The lowest BCUT2D eigenvalue weighted by Crippen LogP contribution is -2.10. The third kappa shape index (κ3) is 6.12. The molecule has 11 aromatic rings. The van der Waals surface area contributed by atoms with Crippen LogP contribution >= 0.6 is 0 Å². The van der Waals surface area contributed by atoms with Gasteiger partial charge in [0.05, 0.1) is 11.4 Å². The van der Waals surface area contributed by atoms with Crippen LogP contribution < -0.4 is 4.90 Å². The number of para-hydroxylation sites is 1. The highest BCUT2D eigenvalue weighted by Gasteiger charge is 2.25. The van der Waals surface area contributed by atoms with E-state index in [-0.39, 0.29) is 0 Å². The summed E-state index contributed by atoms with van der Waals surface area (Å²) in [5, 5.41) is 6.31. The number of rotatable bonds is 8. The minimum Gasteiger partial charge on any atom is -0.354 e. The maximum atomic E-state index is 3.78. The number of hydrogen-bond acceptors (Lipinski definition) is 1. The van der Waals surface area contributed by atoms with Crippen molar-refractivity contribution in [1.82, 2.24) is 4.98 Å². The van der Waals surface area contributed by atoms with Crippen molar-refractivity contribution in [3.63, 3.8) is 0 Å². The smallest absolute Gasteiger partial charge is 0.0551 e. The first-order valence-electron chi connectivity index (χ1n) is 21.3. The highest BCUT2D eigenvalue weighted by atomic mass is 15.1. The van der Waals surface area contributed by atoms with Crippen LogP contribution in [0.2, 0.25) is 0 Å². The van der Waals surface area contributed by atoms with Crippen LogP contribution in [-0.2, 0) is 0 Å². The average Bonchev–Trinajstić information content (AvgIpc) is 3.88. The first kappa shape index (κ1) is 35.7. The molecule has 2 heteroatoms. The van der Waals surface area contributed by atoms with E-state index >= 15 is 0 Å². The van der Waals surface area contributed by atoms with Gasteiger partial charge in [-0.3, -0.25) is 0 Å².